The van der Waals surface area contributed by atoms with Crippen LogP contribution in [0.5, 0.6) is 0 Å². The maximum absolute atomic E-state index is 13.3. The highest BCUT2D eigenvalue weighted by Gasteiger charge is 2.48. The number of nitrogens with one attached hydrogen (secondary N) is 2. The van der Waals surface area contributed by atoms with Crippen molar-refractivity contribution in [3.05, 3.63) is 71.2 Å². The van der Waals surface area contributed by atoms with E-state index in [0.717, 1.165) is 50.3 Å². The molecule has 4 nitrogen and oxygen atoms in total. The summed E-state index contributed by atoms with van der Waals surface area (Å²) in [5.41, 5.74) is 6.90. The Morgan fingerprint density at radius 1 is 0.964 bits per heavy atom. The first kappa shape index (κ1) is 17.4. The fraction of sp³-hybridized carbons (Fsp3) is 0.348. The van der Waals surface area contributed by atoms with Gasteiger partial charge in [-0.25, -0.2) is 4.39 Å². The number of rotatable bonds is 4. The Hall–Kier alpha value is -2.66. The average molecular weight is 376 g/mol. The molecular formula is C23H25FN4. The van der Waals surface area contributed by atoms with E-state index in [1.165, 1.54) is 22.5 Å². The molecule has 1 aliphatic heterocycles. The van der Waals surface area contributed by atoms with Crippen LogP contribution in [0.2, 0.25) is 0 Å². The standard InChI is InChI=1S/C23H25FN4/c1-16-21(17-2-8-20(9-3-17)28-14-12-25-13-15-28)26-27-22(16)23(10-11-23)18-4-6-19(24)7-5-18/h2-9,25H,10-15H2,1H3,(H,26,27). The summed E-state index contributed by atoms with van der Waals surface area (Å²) in [5, 5.41) is 11.4. The van der Waals surface area contributed by atoms with Crippen LogP contribution in [0.15, 0.2) is 48.5 Å². The third-order valence-corrected chi connectivity index (χ3v) is 6.26. The van der Waals surface area contributed by atoms with Crippen molar-refractivity contribution < 1.29 is 4.39 Å². The Labute approximate surface area is 164 Å². The lowest BCUT2D eigenvalue weighted by Crippen LogP contribution is -2.43. The highest BCUT2D eigenvalue weighted by Crippen LogP contribution is 2.54. The quantitative estimate of drug-likeness (QED) is 0.723. The second kappa shape index (κ2) is 6.74. The van der Waals surface area contributed by atoms with Crippen LogP contribution >= 0.6 is 0 Å². The summed E-state index contributed by atoms with van der Waals surface area (Å²) < 4.78 is 13.3. The molecule has 0 radical (unpaired) electrons. The highest BCUT2D eigenvalue weighted by atomic mass is 19.1. The molecule has 1 saturated carbocycles. The van der Waals surface area contributed by atoms with E-state index in [2.05, 4.69) is 51.6 Å². The maximum atomic E-state index is 13.3. The molecule has 1 aliphatic carbocycles. The molecule has 1 aromatic heterocycles. The Morgan fingerprint density at radius 3 is 2.29 bits per heavy atom. The highest BCUT2D eigenvalue weighted by molar-refractivity contribution is 5.68. The first-order chi connectivity index (χ1) is 13.7. The Morgan fingerprint density at radius 2 is 1.64 bits per heavy atom. The molecular weight excluding hydrogens is 351 g/mol. The number of nitrogens with zero attached hydrogens (tertiary/aromatic N) is 2. The van der Waals surface area contributed by atoms with Gasteiger partial charge in [0.25, 0.3) is 0 Å². The minimum atomic E-state index is -0.189. The second-order valence-electron chi connectivity index (χ2n) is 7.95. The van der Waals surface area contributed by atoms with Crippen LogP contribution in [0.1, 0.15) is 29.7 Å². The number of anilines is 1. The van der Waals surface area contributed by atoms with Gasteiger partial charge in [0.05, 0.1) is 5.69 Å². The average Bonchev–Trinajstić information content (AvgIpc) is 3.45. The number of benzene rings is 2. The Bertz CT molecular complexity index is 965. The van der Waals surface area contributed by atoms with E-state index < -0.39 is 0 Å². The summed E-state index contributed by atoms with van der Waals surface area (Å²) in [4.78, 5) is 2.41. The molecule has 0 bridgehead atoms. The predicted molar refractivity (Wildman–Crippen MR) is 110 cm³/mol. The molecule has 1 saturated heterocycles. The van der Waals surface area contributed by atoms with E-state index >= 15 is 0 Å². The van der Waals surface area contributed by atoms with Gasteiger partial charge in [-0.3, -0.25) is 5.10 Å². The summed E-state index contributed by atoms with van der Waals surface area (Å²) in [5.74, 6) is -0.189. The normalized spacial score (nSPS) is 18.3. The fourth-order valence-corrected chi connectivity index (χ4v) is 4.47. The van der Waals surface area contributed by atoms with E-state index in [-0.39, 0.29) is 11.2 Å². The van der Waals surface area contributed by atoms with Crippen LogP contribution in [-0.4, -0.2) is 36.4 Å². The third-order valence-electron chi connectivity index (χ3n) is 6.26. The predicted octanol–water partition coefficient (Wildman–Crippen LogP) is 4.01. The number of hydrogen-bond donors (Lipinski definition) is 2. The molecule has 2 aromatic carbocycles. The molecule has 0 atom stereocenters. The molecule has 144 valence electrons. The minimum absolute atomic E-state index is 0.0379. The summed E-state index contributed by atoms with van der Waals surface area (Å²) >= 11 is 0. The molecule has 2 aliphatic rings. The van der Waals surface area contributed by atoms with Crippen LogP contribution in [-0.2, 0) is 5.41 Å². The summed E-state index contributed by atoms with van der Waals surface area (Å²) in [6.45, 7) is 6.31. The topological polar surface area (TPSA) is 44.0 Å². The summed E-state index contributed by atoms with van der Waals surface area (Å²) in [6, 6.07) is 15.6. The second-order valence-corrected chi connectivity index (χ2v) is 7.95. The van der Waals surface area contributed by atoms with Crippen LogP contribution in [0.3, 0.4) is 0 Å². The zero-order valence-electron chi connectivity index (χ0n) is 16.1. The molecule has 2 N–H and O–H groups in total. The Balaban J connectivity index is 1.43. The molecule has 2 fully saturated rings. The van der Waals surface area contributed by atoms with Gasteiger partial charge in [0.2, 0.25) is 0 Å². The van der Waals surface area contributed by atoms with Gasteiger partial charge in [0, 0.05) is 48.5 Å². The van der Waals surface area contributed by atoms with Gasteiger partial charge in [-0.05, 0) is 55.2 Å². The molecule has 5 rings (SSSR count). The number of halogens is 1. The van der Waals surface area contributed by atoms with Crippen molar-refractivity contribution in [1.82, 2.24) is 15.5 Å². The van der Waals surface area contributed by atoms with Crippen LogP contribution in [0, 0.1) is 12.7 Å². The summed E-state index contributed by atoms with van der Waals surface area (Å²) in [6.07, 6.45) is 2.14. The van der Waals surface area contributed by atoms with Gasteiger partial charge >= 0.3 is 0 Å². The van der Waals surface area contributed by atoms with Gasteiger partial charge in [0.15, 0.2) is 0 Å². The lowest BCUT2D eigenvalue weighted by Gasteiger charge is -2.29. The minimum Gasteiger partial charge on any atom is -0.369 e. The third kappa shape index (κ3) is 2.90. The monoisotopic (exact) mass is 376 g/mol. The van der Waals surface area contributed by atoms with Crippen molar-refractivity contribution in [2.75, 3.05) is 31.1 Å². The SMILES string of the molecule is Cc1c(-c2ccc(N3CCNCC3)cc2)n[nH]c1C1(c2ccc(F)cc2)CC1. The smallest absolute Gasteiger partial charge is 0.123 e. The molecule has 3 aromatic rings. The van der Waals surface area contributed by atoms with Gasteiger partial charge in [0.1, 0.15) is 5.82 Å². The largest absolute Gasteiger partial charge is 0.369 e. The molecule has 0 spiro atoms. The number of piperazine rings is 1. The molecule has 28 heavy (non-hydrogen) atoms. The van der Waals surface area contributed by atoms with Crippen molar-refractivity contribution >= 4 is 5.69 Å². The number of hydrogen-bond acceptors (Lipinski definition) is 3. The van der Waals surface area contributed by atoms with Crippen LogP contribution < -0.4 is 10.2 Å². The van der Waals surface area contributed by atoms with Crippen molar-refractivity contribution in [2.45, 2.75) is 25.2 Å². The molecule has 2 heterocycles. The van der Waals surface area contributed by atoms with E-state index in [1.54, 1.807) is 12.1 Å². The number of H-pyrrole nitrogens is 1. The van der Waals surface area contributed by atoms with Gasteiger partial charge < -0.3 is 10.2 Å². The lowest BCUT2D eigenvalue weighted by molar-refractivity contribution is 0.589. The number of aromatic amines is 1. The Kier molecular flexibility index (Phi) is 4.20. The van der Waals surface area contributed by atoms with Crippen molar-refractivity contribution in [2.24, 2.45) is 0 Å². The van der Waals surface area contributed by atoms with E-state index in [0.29, 0.717) is 0 Å². The fourth-order valence-electron chi connectivity index (χ4n) is 4.47. The summed E-state index contributed by atoms with van der Waals surface area (Å²) in [7, 11) is 0. The van der Waals surface area contributed by atoms with Gasteiger partial charge in [-0.2, -0.15) is 5.10 Å². The van der Waals surface area contributed by atoms with Crippen molar-refractivity contribution in [3.8, 4) is 11.3 Å². The first-order valence-electron chi connectivity index (χ1n) is 10.0. The molecule has 5 heteroatoms. The number of aromatic nitrogens is 2. The first-order valence-corrected chi connectivity index (χ1v) is 10.0. The molecule has 0 amide bonds. The van der Waals surface area contributed by atoms with Crippen LogP contribution in [0.25, 0.3) is 11.3 Å². The van der Waals surface area contributed by atoms with Gasteiger partial charge in [-0.1, -0.05) is 24.3 Å². The lowest BCUT2D eigenvalue weighted by atomic mass is 9.89. The zero-order chi connectivity index (χ0) is 19.1. The van der Waals surface area contributed by atoms with Crippen LogP contribution in [0.4, 0.5) is 10.1 Å². The van der Waals surface area contributed by atoms with E-state index in [4.69, 9.17) is 0 Å². The van der Waals surface area contributed by atoms with Crippen molar-refractivity contribution in [3.63, 3.8) is 0 Å². The van der Waals surface area contributed by atoms with Crippen molar-refractivity contribution in [1.29, 1.82) is 0 Å². The molecule has 0 unspecified atom stereocenters. The zero-order valence-corrected chi connectivity index (χ0v) is 16.1. The van der Waals surface area contributed by atoms with Gasteiger partial charge in [-0.15, -0.1) is 0 Å². The van der Waals surface area contributed by atoms with E-state index in [9.17, 15) is 4.39 Å². The maximum Gasteiger partial charge on any atom is 0.123 e. The van der Waals surface area contributed by atoms with E-state index in [1.807, 2.05) is 12.1 Å².